The first-order valence-electron chi connectivity index (χ1n) is 27.1. The van der Waals surface area contributed by atoms with Crippen molar-refractivity contribution in [2.75, 3.05) is 13.2 Å². The highest BCUT2D eigenvalue weighted by Crippen LogP contribution is 2.16. The van der Waals surface area contributed by atoms with E-state index in [1.165, 1.54) is 135 Å². The van der Waals surface area contributed by atoms with E-state index in [0.29, 0.717) is 19.3 Å². The van der Waals surface area contributed by atoms with Crippen LogP contribution in [0.2, 0.25) is 0 Å². The molecule has 0 aliphatic carbocycles. The van der Waals surface area contributed by atoms with E-state index in [0.717, 1.165) is 103 Å². The molecule has 6 nitrogen and oxygen atoms in total. The summed E-state index contributed by atoms with van der Waals surface area (Å²) >= 11 is 0. The molecular formula is C57H102O6. The predicted molar refractivity (Wildman–Crippen MR) is 270 cm³/mol. The van der Waals surface area contributed by atoms with Crippen molar-refractivity contribution >= 4 is 17.9 Å². The van der Waals surface area contributed by atoms with Crippen LogP contribution in [0.15, 0.2) is 48.6 Å². The Morgan fingerprint density at radius 3 is 1.00 bits per heavy atom. The summed E-state index contributed by atoms with van der Waals surface area (Å²) in [5.41, 5.74) is 0. The molecule has 0 rings (SSSR count). The minimum Gasteiger partial charge on any atom is -0.462 e. The van der Waals surface area contributed by atoms with Gasteiger partial charge in [0.25, 0.3) is 0 Å². The number of hydrogen-bond acceptors (Lipinski definition) is 6. The molecule has 0 saturated heterocycles. The minimum atomic E-state index is -0.782. The van der Waals surface area contributed by atoms with Gasteiger partial charge in [0.15, 0.2) is 6.10 Å². The first-order valence-corrected chi connectivity index (χ1v) is 27.1. The average molecular weight is 883 g/mol. The molecule has 0 spiro atoms. The van der Waals surface area contributed by atoms with Crippen molar-refractivity contribution in [3.63, 3.8) is 0 Å². The van der Waals surface area contributed by atoms with Gasteiger partial charge in [-0.2, -0.15) is 0 Å². The van der Waals surface area contributed by atoms with Crippen molar-refractivity contribution in [3.8, 4) is 0 Å². The van der Waals surface area contributed by atoms with Gasteiger partial charge in [0.2, 0.25) is 0 Å². The van der Waals surface area contributed by atoms with Crippen LogP contribution in [0, 0.1) is 0 Å². The molecule has 0 aromatic heterocycles. The lowest BCUT2D eigenvalue weighted by atomic mass is 10.0. The molecule has 63 heavy (non-hydrogen) atoms. The summed E-state index contributed by atoms with van der Waals surface area (Å²) in [6, 6.07) is 0. The standard InChI is InChI=1S/C57H102O6/c1-4-7-10-13-16-19-22-25-27-28-30-32-35-38-41-44-47-50-56(59)62-53-54(52-61-55(58)49-46-43-40-37-34-31-24-21-18-15-12-9-6-3)63-57(60)51-48-45-42-39-36-33-29-26-23-20-17-14-11-8-5-2/h8,11,17,20-21,24,26,29,54H,4-7,9-10,12-16,18-19,22-23,25,27-28,30-53H2,1-3H3/b11-8-,20-17-,24-21-,29-26-. The van der Waals surface area contributed by atoms with Crippen molar-refractivity contribution in [1.29, 1.82) is 0 Å². The van der Waals surface area contributed by atoms with Crippen LogP contribution in [0.4, 0.5) is 0 Å². The Bertz CT molecular complexity index is 1110. The number of hydrogen-bond donors (Lipinski definition) is 0. The fourth-order valence-electron chi connectivity index (χ4n) is 7.75. The van der Waals surface area contributed by atoms with Crippen LogP contribution in [0.1, 0.15) is 278 Å². The molecule has 0 fully saturated rings. The molecule has 6 heteroatoms. The molecule has 1 unspecified atom stereocenters. The average Bonchev–Trinajstić information content (AvgIpc) is 3.28. The largest absolute Gasteiger partial charge is 0.462 e. The Balaban J connectivity index is 4.37. The molecule has 0 aromatic carbocycles. The summed E-state index contributed by atoms with van der Waals surface area (Å²) in [6.07, 6.45) is 62.4. The first-order chi connectivity index (χ1) is 31.0. The lowest BCUT2D eigenvalue weighted by molar-refractivity contribution is -0.167. The van der Waals surface area contributed by atoms with Crippen molar-refractivity contribution in [2.24, 2.45) is 0 Å². The highest BCUT2D eigenvalue weighted by atomic mass is 16.6. The van der Waals surface area contributed by atoms with Crippen molar-refractivity contribution in [1.82, 2.24) is 0 Å². The maximum absolute atomic E-state index is 12.8. The monoisotopic (exact) mass is 883 g/mol. The van der Waals surface area contributed by atoms with E-state index in [4.69, 9.17) is 14.2 Å². The molecule has 0 aromatic rings. The van der Waals surface area contributed by atoms with E-state index in [9.17, 15) is 14.4 Å². The lowest BCUT2D eigenvalue weighted by Gasteiger charge is -2.18. The highest BCUT2D eigenvalue weighted by molar-refractivity contribution is 5.71. The Kier molecular flexibility index (Phi) is 49.8. The van der Waals surface area contributed by atoms with E-state index in [2.05, 4.69) is 69.4 Å². The number of rotatable bonds is 49. The molecule has 0 aliphatic rings. The van der Waals surface area contributed by atoms with Crippen LogP contribution in [-0.4, -0.2) is 37.2 Å². The third-order valence-electron chi connectivity index (χ3n) is 11.8. The molecule has 0 N–H and O–H groups in total. The van der Waals surface area contributed by atoms with E-state index in [-0.39, 0.29) is 31.1 Å². The second-order valence-electron chi connectivity index (χ2n) is 18.1. The van der Waals surface area contributed by atoms with Crippen LogP contribution in [0.5, 0.6) is 0 Å². The minimum absolute atomic E-state index is 0.0801. The highest BCUT2D eigenvalue weighted by Gasteiger charge is 2.19. The third-order valence-corrected chi connectivity index (χ3v) is 11.8. The van der Waals surface area contributed by atoms with E-state index >= 15 is 0 Å². The van der Waals surface area contributed by atoms with Gasteiger partial charge in [0, 0.05) is 19.3 Å². The van der Waals surface area contributed by atoms with Gasteiger partial charge in [0.1, 0.15) is 13.2 Å². The normalized spacial score (nSPS) is 12.4. The SMILES string of the molecule is CC/C=C\C/C=C\C/C=C\CCCCCCCC(=O)OC(COC(=O)CCCCCCC/C=C\CCCCCC)COC(=O)CCCCCCCCCCCCCCCCCCC. The van der Waals surface area contributed by atoms with Crippen molar-refractivity contribution in [3.05, 3.63) is 48.6 Å². The van der Waals surface area contributed by atoms with E-state index in [1.807, 2.05) is 0 Å². The van der Waals surface area contributed by atoms with Crippen LogP contribution >= 0.6 is 0 Å². The van der Waals surface area contributed by atoms with Gasteiger partial charge in [-0.1, -0.05) is 230 Å². The molecule has 366 valence electrons. The summed E-state index contributed by atoms with van der Waals surface area (Å²) in [6.45, 7) is 6.52. The molecule has 0 saturated carbocycles. The smallest absolute Gasteiger partial charge is 0.306 e. The summed E-state index contributed by atoms with van der Waals surface area (Å²) in [5, 5.41) is 0. The first kappa shape index (κ1) is 60.4. The lowest BCUT2D eigenvalue weighted by Crippen LogP contribution is -2.30. The van der Waals surface area contributed by atoms with Gasteiger partial charge < -0.3 is 14.2 Å². The van der Waals surface area contributed by atoms with E-state index in [1.54, 1.807) is 0 Å². The number of ether oxygens (including phenoxy) is 3. The Labute approximate surface area is 390 Å². The Hall–Kier alpha value is -2.63. The summed E-state index contributed by atoms with van der Waals surface area (Å²) < 4.78 is 16.8. The topological polar surface area (TPSA) is 78.9 Å². The van der Waals surface area contributed by atoms with E-state index < -0.39 is 6.10 Å². The van der Waals surface area contributed by atoms with Gasteiger partial charge in [-0.3, -0.25) is 14.4 Å². The maximum Gasteiger partial charge on any atom is 0.306 e. The summed E-state index contributed by atoms with van der Waals surface area (Å²) in [5.74, 6) is -0.896. The molecule has 0 aliphatic heterocycles. The zero-order chi connectivity index (χ0) is 45.8. The zero-order valence-corrected chi connectivity index (χ0v) is 41.8. The maximum atomic E-state index is 12.8. The molecule has 1 atom stereocenters. The summed E-state index contributed by atoms with van der Waals surface area (Å²) in [7, 11) is 0. The molecule has 0 bridgehead atoms. The van der Waals surface area contributed by atoms with Gasteiger partial charge in [-0.05, 0) is 77.0 Å². The summed E-state index contributed by atoms with van der Waals surface area (Å²) in [4.78, 5) is 38.0. The molecular weight excluding hydrogens is 781 g/mol. The number of esters is 3. The third kappa shape index (κ3) is 50.2. The van der Waals surface area contributed by atoms with Crippen LogP contribution in [0.3, 0.4) is 0 Å². The van der Waals surface area contributed by atoms with Crippen LogP contribution < -0.4 is 0 Å². The quantitative estimate of drug-likeness (QED) is 0.0262. The number of carbonyl (C=O) groups is 3. The number of carbonyl (C=O) groups excluding carboxylic acids is 3. The number of allylic oxidation sites excluding steroid dienone is 8. The van der Waals surface area contributed by atoms with Crippen molar-refractivity contribution < 1.29 is 28.6 Å². The van der Waals surface area contributed by atoms with Crippen LogP contribution in [0.25, 0.3) is 0 Å². The van der Waals surface area contributed by atoms with Crippen molar-refractivity contribution in [2.45, 2.75) is 284 Å². The van der Waals surface area contributed by atoms with Gasteiger partial charge in [-0.25, -0.2) is 0 Å². The second kappa shape index (κ2) is 52.0. The van der Waals surface area contributed by atoms with Gasteiger partial charge in [0.05, 0.1) is 0 Å². The van der Waals surface area contributed by atoms with Gasteiger partial charge in [-0.15, -0.1) is 0 Å². The predicted octanol–water partition coefficient (Wildman–Crippen LogP) is 17.9. The second-order valence-corrected chi connectivity index (χ2v) is 18.1. The Morgan fingerprint density at radius 2 is 0.619 bits per heavy atom. The fourth-order valence-corrected chi connectivity index (χ4v) is 7.75. The zero-order valence-electron chi connectivity index (χ0n) is 41.8. The fraction of sp³-hybridized carbons (Fsp3) is 0.807. The molecule has 0 radical (unpaired) electrons. The molecule has 0 heterocycles. The van der Waals surface area contributed by atoms with Gasteiger partial charge >= 0.3 is 17.9 Å². The Morgan fingerprint density at radius 1 is 0.333 bits per heavy atom. The number of unbranched alkanes of at least 4 members (excludes halogenated alkanes) is 30. The molecule has 0 amide bonds. The van der Waals surface area contributed by atoms with Crippen LogP contribution in [-0.2, 0) is 28.6 Å².